The zero-order valence-corrected chi connectivity index (χ0v) is 9.12. The van der Waals surface area contributed by atoms with Crippen molar-refractivity contribution in [1.82, 2.24) is 4.57 Å². The summed E-state index contributed by atoms with van der Waals surface area (Å²) in [7, 11) is 1.69. The van der Waals surface area contributed by atoms with E-state index in [9.17, 15) is 13.2 Å². The van der Waals surface area contributed by atoms with Crippen molar-refractivity contribution in [1.29, 1.82) is 0 Å². The summed E-state index contributed by atoms with van der Waals surface area (Å²) in [6.45, 7) is 0. The lowest BCUT2D eigenvalue weighted by Crippen LogP contribution is -2.07. The van der Waals surface area contributed by atoms with Gasteiger partial charge in [0.2, 0.25) is 0 Å². The van der Waals surface area contributed by atoms with Crippen LogP contribution in [0, 0.1) is 0 Å². The van der Waals surface area contributed by atoms with E-state index >= 15 is 0 Å². The largest absolute Gasteiger partial charge is 0.417 e. The smallest absolute Gasteiger partial charge is 0.385 e. The second-order valence-electron chi connectivity index (χ2n) is 3.77. The average Bonchev–Trinajstić information content (AvgIpc) is 2.59. The molecule has 0 bridgehead atoms. The van der Waals surface area contributed by atoms with Gasteiger partial charge in [-0.15, -0.1) is 0 Å². The Morgan fingerprint density at radius 3 is 2.24 bits per heavy atom. The number of halogens is 3. The molecule has 0 aliphatic rings. The van der Waals surface area contributed by atoms with Crippen molar-refractivity contribution in [2.24, 2.45) is 7.05 Å². The van der Waals surface area contributed by atoms with Crippen LogP contribution in [0.15, 0.2) is 36.5 Å². The number of alkyl halides is 3. The lowest BCUT2D eigenvalue weighted by Gasteiger charge is -2.12. The molecule has 90 valence electrons. The molecule has 17 heavy (non-hydrogen) atoms. The molecule has 0 atom stereocenters. The van der Waals surface area contributed by atoms with Crippen molar-refractivity contribution in [2.75, 3.05) is 5.73 Å². The molecule has 2 nitrogen and oxygen atoms in total. The quantitative estimate of drug-likeness (QED) is 0.814. The van der Waals surface area contributed by atoms with Crippen molar-refractivity contribution in [2.45, 2.75) is 6.18 Å². The van der Waals surface area contributed by atoms with Crippen molar-refractivity contribution in [3.05, 3.63) is 42.1 Å². The Kier molecular flexibility index (Phi) is 2.61. The van der Waals surface area contributed by atoms with Crippen molar-refractivity contribution in [3.8, 4) is 11.1 Å². The molecule has 0 saturated carbocycles. The van der Waals surface area contributed by atoms with Crippen LogP contribution in [0.5, 0.6) is 0 Å². The molecular formula is C12H11F3N2. The Balaban J connectivity index is 2.64. The molecular weight excluding hydrogens is 229 g/mol. The number of nitrogens with two attached hydrogens (primary N) is 1. The molecule has 0 unspecified atom stereocenters. The van der Waals surface area contributed by atoms with E-state index in [2.05, 4.69) is 0 Å². The van der Waals surface area contributed by atoms with Crippen LogP contribution in [0.1, 0.15) is 5.56 Å². The predicted molar refractivity (Wildman–Crippen MR) is 60.3 cm³/mol. The number of rotatable bonds is 1. The standard InChI is InChI=1S/C12H11F3N2/c1-17-7-6-9(11(17)16)8-4-2-3-5-10(8)12(13,14)15/h2-7H,16H2,1H3. The fraction of sp³-hybridized carbons (Fsp3) is 0.167. The second-order valence-corrected chi connectivity index (χ2v) is 3.77. The molecule has 5 heteroatoms. The van der Waals surface area contributed by atoms with E-state index in [1.807, 2.05) is 0 Å². The van der Waals surface area contributed by atoms with Crippen LogP contribution >= 0.6 is 0 Å². The number of nitrogen functional groups attached to an aromatic ring is 1. The van der Waals surface area contributed by atoms with E-state index < -0.39 is 11.7 Å². The van der Waals surface area contributed by atoms with Gasteiger partial charge in [-0.1, -0.05) is 18.2 Å². The molecule has 0 amide bonds. The number of aryl methyl sites for hydroxylation is 1. The van der Waals surface area contributed by atoms with Crippen molar-refractivity contribution < 1.29 is 13.2 Å². The molecule has 2 N–H and O–H groups in total. The summed E-state index contributed by atoms with van der Waals surface area (Å²) in [6, 6.07) is 7.00. The van der Waals surface area contributed by atoms with Gasteiger partial charge in [0.15, 0.2) is 0 Å². The normalized spacial score (nSPS) is 11.8. The van der Waals surface area contributed by atoms with Gasteiger partial charge in [0.25, 0.3) is 0 Å². The highest BCUT2D eigenvalue weighted by Gasteiger charge is 2.33. The second kappa shape index (κ2) is 3.84. The Morgan fingerprint density at radius 2 is 1.71 bits per heavy atom. The third-order valence-corrected chi connectivity index (χ3v) is 2.64. The first kappa shape index (κ1) is 11.6. The minimum atomic E-state index is -4.38. The number of hydrogen-bond donors (Lipinski definition) is 1. The van der Waals surface area contributed by atoms with E-state index in [1.165, 1.54) is 12.1 Å². The molecule has 0 aliphatic heterocycles. The van der Waals surface area contributed by atoms with E-state index in [-0.39, 0.29) is 5.56 Å². The number of benzene rings is 1. The van der Waals surface area contributed by atoms with Gasteiger partial charge in [-0.3, -0.25) is 0 Å². The number of nitrogens with zero attached hydrogens (tertiary/aromatic N) is 1. The first-order valence-corrected chi connectivity index (χ1v) is 4.98. The highest BCUT2D eigenvalue weighted by Crippen LogP contribution is 2.38. The highest BCUT2D eigenvalue weighted by molar-refractivity contribution is 5.77. The number of aromatic nitrogens is 1. The number of anilines is 1. The summed E-state index contributed by atoms with van der Waals surface area (Å²) in [5.41, 5.74) is 5.59. The van der Waals surface area contributed by atoms with Crippen LogP contribution in [-0.2, 0) is 13.2 Å². The Morgan fingerprint density at radius 1 is 1.06 bits per heavy atom. The maximum atomic E-state index is 12.8. The fourth-order valence-electron chi connectivity index (χ4n) is 1.73. The summed E-state index contributed by atoms with van der Waals surface area (Å²) in [5, 5.41) is 0. The van der Waals surface area contributed by atoms with E-state index in [0.717, 1.165) is 6.07 Å². The van der Waals surface area contributed by atoms with Gasteiger partial charge in [-0.25, -0.2) is 0 Å². The van der Waals surface area contributed by atoms with Crippen LogP contribution in [0.25, 0.3) is 11.1 Å². The maximum Gasteiger partial charge on any atom is 0.417 e. The van der Waals surface area contributed by atoms with Gasteiger partial charge in [0, 0.05) is 18.8 Å². The molecule has 2 rings (SSSR count). The SMILES string of the molecule is Cn1ccc(-c2ccccc2C(F)(F)F)c1N. The molecule has 0 radical (unpaired) electrons. The van der Waals surface area contributed by atoms with Crippen LogP contribution in [0.3, 0.4) is 0 Å². The molecule has 0 saturated heterocycles. The third kappa shape index (κ3) is 2.00. The summed E-state index contributed by atoms with van der Waals surface area (Å²) >= 11 is 0. The first-order valence-electron chi connectivity index (χ1n) is 4.98. The zero-order chi connectivity index (χ0) is 12.6. The van der Waals surface area contributed by atoms with E-state index in [4.69, 9.17) is 5.73 Å². The summed E-state index contributed by atoms with van der Waals surface area (Å²) in [5.74, 6) is 0.321. The zero-order valence-electron chi connectivity index (χ0n) is 9.12. The molecule has 0 fully saturated rings. The monoisotopic (exact) mass is 240 g/mol. The van der Waals surface area contributed by atoms with Crippen molar-refractivity contribution >= 4 is 5.82 Å². The van der Waals surface area contributed by atoms with Gasteiger partial charge in [0.1, 0.15) is 5.82 Å². The Hall–Kier alpha value is -1.91. The molecule has 1 aromatic carbocycles. The maximum absolute atomic E-state index is 12.8. The minimum Gasteiger partial charge on any atom is -0.385 e. The number of hydrogen-bond acceptors (Lipinski definition) is 1. The predicted octanol–water partition coefficient (Wildman–Crippen LogP) is 3.29. The van der Waals surface area contributed by atoms with E-state index in [1.54, 1.807) is 29.9 Å². The Bertz CT molecular complexity index is 541. The average molecular weight is 240 g/mol. The Labute approximate surface area is 96.5 Å². The fourth-order valence-corrected chi connectivity index (χ4v) is 1.73. The summed E-state index contributed by atoms with van der Waals surface area (Å²) in [6.07, 6.45) is -2.74. The lowest BCUT2D eigenvalue weighted by atomic mass is 10.0. The van der Waals surface area contributed by atoms with Crippen LogP contribution in [0.2, 0.25) is 0 Å². The topological polar surface area (TPSA) is 30.9 Å². The molecule has 1 heterocycles. The van der Waals surface area contributed by atoms with E-state index in [0.29, 0.717) is 11.4 Å². The van der Waals surface area contributed by atoms with Gasteiger partial charge in [-0.2, -0.15) is 13.2 Å². The lowest BCUT2D eigenvalue weighted by molar-refractivity contribution is -0.137. The molecule has 1 aromatic heterocycles. The van der Waals surface area contributed by atoms with Crippen molar-refractivity contribution in [3.63, 3.8) is 0 Å². The molecule has 0 spiro atoms. The van der Waals surface area contributed by atoms with Crippen LogP contribution in [0.4, 0.5) is 19.0 Å². The third-order valence-electron chi connectivity index (χ3n) is 2.64. The van der Waals surface area contributed by atoms with Gasteiger partial charge in [-0.05, 0) is 17.7 Å². The van der Waals surface area contributed by atoms with Gasteiger partial charge >= 0.3 is 6.18 Å². The first-order chi connectivity index (χ1) is 7.91. The van der Waals surface area contributed by atoms with Gasteiger partial charge in [0.05, 0.1) is 5.56 Å². The minimum absolute atomic E-state index is 0.109. The van der Waals surface area contributed by atoms with Crippen LogP contribution in [-0.4, -0.2) is 4.57 Å². The van der Waals surface area contributed by atoms with Crippen LogP contribution < -0.4 is 5.73 Å². The molecule has 2 aromatic rings. The molecule has 0 aliphatic carbocycles. The summed E-state index contributed by atoms with van der Waals surface area (Å²) in [4.78, 5) is 0. The van der Waals surface area contributed by atoms with Gasteiger partial charge < -0.3 is 10.3 Å². The highest BCUT2D eigenvalue weighted by atomic mass is 19.4. The summed E-state index contributed by atoms with van der Waals surface area (Å²) < 4.78 is 40.1.